The van der Waals surface area contributed by atoms with Crippen LogP contribution < -0.4 is 4.74 Å². The van der Waals surface area contributed by atoms with E-state index in [0.29, 0.717) is 24.7 Å². The lowest BCUT2D eigenvalue weighted by molar-refractivity contribution is -0.0591. The van der Waals surface area contributed by atoms with Crippen LogP contribution in [0.4, 0.5) is 0 Å². The van der Waals surface area contributed by atoms with E-state index in [0.717, 1.165) is 25.2 Å². The second kappa shape index (κ2) is 8.19. The molecular formula is C20H29N3O4. The number of hydrogen-bond donors (Lipinski definition) is 1. The normalized spacial score (nSPS) is 23.2. The van der Waals surface area contributed by atoms with Gasteiger partial charge in [-0.25, -0.2) is 5.01 Å². The number of aromatic hydroxyl groups is 1. The number of likely N-dealkylation sites (tertiary alicyclic amines) is 1. The smallest absolute Gasteiger partial charge is 0.157 e. The average Bonchev–Trinajstić information content (AvgIpc) is 3.22. The number of carbonyl (C=O) groups is 1. The van der Waals surface area contributed by atoms with Gasteiger partial charge in [0.05, 0.1) is 11.6 Å². The molecule has 0 aliphatic carbocycles. The second-order valence-corrected chi connectivity index (χ2v) is 7.29. The number of hydrazine groups is 1. The molecular weight excluding hydrogens is 346 g/mol. The molecule has 1 N–H and O–H groups in total. The molecule has 0 radical (unpaired) electrons. The maximum absolute atomic E-state index is 11.3. The van der Waals surface area contributed by atoms with Crippen LogP contribution in [0, 0.1) is 0 Å². The molecule has 0 spiro atoms. The van der Waals surface area contributed by atoms with Gasteiger partial charge in [-0.15, -0.1) is 0 Å². The number of rotatable bonds is 7. The molecule has 0 saturated carbocycles. The largest absolute Gasteiger partial charge is 0.507 e. The summed E-state index contributed by atoms with van der Waals surface area (Å²) < 4.78 is 11.7. The van der Waals surface area contributed by atoms with E-state index in [1.807, 2.05) is 0 Å². The third kappa shape index (κ3) is 3.75. The van der Waals surface area contributed by atoms with Crippen LogP contribution in [0.3, 0.4) is 0 Å². The quantitative estimate of drug-likeness (QED) is 0.734. The number of likely N-dealkylation sites (N-methyl/N-ethyl adjacent to an activating group) is 1. The highest BCUT2D eigenvalue weighted by Gasteiger charge is 2.40. The van der Waals surface area contributed by atoms with Gasteiger partial charge in [0.1, 0.15) is 30.2 Å². The predicted octanol–water partition coefficient (Wildman–Crippen LogP) is 2.43. The molecule has 1 aromatic rings. The highest BCUT2D eigenvalue weighted by molar-refractivity contribution is 5.83. The number of aldehydes is 1. The Morgan fingerprint density at radius 1 is 1.33 bits per heavy atom. The summed E-state index contributed by atoms with van der Waals surface area (Å²) in [5, 5.41) is 14.3. The molecule has 0 amide bonds. The fraction of sp³-hybridized carbons (Fsp3) is 0.550. The summed E-state index contributed by atoms with van der Waals surface area (Å²) >= 11 is 0. The molecule has 148 valence electrons. The van der Waals surface area contributed by atoms with Gasteiger partial charge in [-0.05, 0) is 44.9 Å². The van der Waals surface area contributed by atoms with Crippen molar-refractivity contribution in [2.45, 2.75) is 45.0 Å². The SMILES string of the molecule is COC1CCC(COc2cccc(O)c2C=O)N1C1=CCN(C)N1C(C)C. The van der Waals surface area contributed by atoms with E-state index in [1.165, 1.54) is 6.07 Å². The summed E-state index contributed by atoms with van der Waals surface area (Å²) in [6.45, 7) is 5.61. The Balaban J connectivity index is 1.79. The van der Waals surface area contributed by atoms with Crippen molar-refractivity contribution in [1.82, 2.24) is 14.9 Å². The minimum atomic E-state index is -0.0633. The van der Waals surface area contributed by atoms with Gasteiger partial charge in [0.2, 0.25) is 0 Å². The summed E-state index contributed by atoms with van der Waals surface area (Å²) in [5.74, 6) is 1.48. The second-order valence-electron chi connectivity index (χ2n) is 7.29. The number of phenols is 1. The van der Waals surface area contributed by atoms with Gasteiger partial charge >= 0.3 is 0 Å². The van der Waals surface area contributed by atoms with E-state index >= 15 is 0 Å². The van der Waals surface area contributed by atoms with Crippen LogP contribution in [-0.4, -0.2) is 71.9 Å². The standard InChI is InChI=1S/C20H29N3O4/c1-14(2)23-19(10-11-21(23)3)22-15(8-9-20(22)26-4)13-27-18-7-5-6-17(25)16(18)12-24/h5-7,10,12,14-15,20,25H,8-9,11,13H2,1-4H3. The lowest BCUT2D eigenvalue weighted by Crippen LogP contribution is -2.49. The Labute approximate surface area is 160 Å². The Bertz CT molecular complexity index is 706. The van der Waals surface area contributed by atoms with E-state index in [1.54, 1.807) is 19.2 Å². The Hall–Kier alpha value is -2.25. The van der Waals surface area contributed by atoms with Crippen molar-refractivity contribution in [2.75, 3.05) is 27.3 Å². The van der Waals surface area contributed by atoms with E-state index in [4.69, 9.17) is 9.47 Å². The number of nitrogens with zero attached hydrogens (tertiary/aromatic N) is 3. The molecule has 3 rings (SSSR count). The molecule has 2 unspecified atom stereocenters. The van der Waals surface area contributed by atoms with Gasteiger partial charge in [0.15, 0.2) is 6.29 Å². The van der Waals surface area contributed by atoms with Crippen molar-refractivity contribution in [3.63, 3.8) is 0 Å². The van der Waals surface area contributed by atoms with E-state index < -0.39 is 0 Å². The first-order valence-electron chi connectivity index (χ1n) is 9.39. The minimum absolute atomic E-state index is 0.00711. The molecule has 2 aliphatic heterocycles. The molecule has 2 aliphatic rings. The van der Waals surface area contributed by atoms with Crippen LogP contribution >= 0.6 is 0 Å². The van der Waals surface area contributed by atoms with Crippen LogP contribution in [0.5, 0.6) is 11.5 Å². The molecule has 2 heterocycles. The third-order valence-corrected chi connectivity index (χ3v) is 5.21. The zero-order valence-corrected chi connectivity index (χ0v) is 16.5. The maximum Gasteiger partial charge on any atom is 0.157 e. The van der Waals surface area contributed by atoms with Crippen LogP contribution in [0.15, 0.2) is 30.1 Å². The molecule has 1 aromatic carbocycles. The highest BCUT2D eigenvalue weighted by Crippen LogP contribution is 2.35. The first-order chi connectivity index (χ1) is 13.0. The number of hydrogen-bond acceptors (Lipinski definition) is 7. The predicted molar refractivity (Wildman–Crippen MR) is 102 cm³/mol. The van der Waals surface area contributed by atoms with Gasteiger partial charge in [0.25, 0.3) is 0 Å². The molecule has 7 heteroatoms. The molecule has 1 fully saturated rings. The number of ether oxygens (including phenoxy) is 2. The van der Waals surface area contributed by atoms with E-state index in [2.05, 4.69) is 41.9 Å². The van der Waals surface area contributed by atoms with Crippen molar-refractivity contribution in [2.24, 2.45) is 0 Å². The summed E-state index contributed by atoms with van der Waals surface area (Å²) in [6.07, 6.45) is 4.69. The molecule has 1 saturated heterocycles. The lowest BCUT2D eigenvalue weighted by atomic mass is 10.2. The van der Waals surface area contributed by atoms with Crippen molar-refractivity contribution >= 4 is 6.29 Å². The van der Waals surface area contributed by atoms with Crippen molar-refractivity contribution in [1.29, 1.82) is 0 Å². The summed E-state index contributed by atoms with van der Waals surface area (Å²) in [6, 6.07) is 5.32. The molecule has 27 heavy (non-hydrogen) atoms. The van der Waals surface area contributed by atoms with Gasteiger partial charge in [-0.3, -0.25) is 9.80 Å². The van der Waals surface area contributed by atoms with Gasteiger partial charge in [0, 0.05) is 26.7 Å². The molecule has 0 bridgehead atoms. The van der Waals surface area contributed by atoms with Gasteiger partial charge < -0.3 is 19.5 Å². The summed E-state index contributed by atoms with van der Waals surface area (Å²) in [5.41, 5.74) is 0.189. The van der Waals surface area contributed by atoms with E-state index in [-0.39, 0.29) is 23.6 Å². The Morgan fingerprint density at radius 2 is 2.11 bits per heavy atom. The summed E-state index contributed by atoms with van der Waals surface area (Å²) in [4.78, 5) is 13.6. The van der Waals surface area contributed by atoms with Crippen LogP contribution in [-0.2, 0) is 4.74 Å². The van der Waals surface area contributed by atoms with Crippen molar-refractivity contribution in [3.05, 3.63) is 35.7 Å². The third-order valence-electron chi connectivity index (χ3n) is 5.21. The number of benzene rings is 1. The maximum atomic E-state index is 11.3. The number of phenolic OH excluding ortho intramolecular Hbond substituents is 1. The zero-order valence-electron chi connectivity index (χ0n) is 16.5. The topological polar surface area (TPSA) is 65.5 Å². The van der Waals surface area contributed by atoms with Crippen molar-refractivity contribution in [3.8, 4) is 11.5 Å². The number of carbonyl (C=O) groups excluding carboxylic acids is 1. The highest BCUT2D eigenvalue weighted by atomic mass is 16.5. The number of methoxy groups -OCH3 is 1. The Morgan fingerprint density at radius 3 is 2.78 bits per heavy atom. The van der Waals surface area contributed by atoms with Gasteiger partial charge in [-0.2, -0.15) is 0 Å². The summed E-state index contributed by atoms with van der Waals surface area (Å²) in [7, 11) is 3.82. The van der Waals surface area contributed by atoms with Gasteiger partial charge in [-0.1, -0.05) is 6.07 Å². The van der Waals surface area contributed by atoms with Crippen LogP contribution in [0.2, 0.25) is 0 Å². The fourth-order valence-electron chi connectivity index (χ4n) is 3.99. The zero-order chi connectivity index (χ0) is 19.6. The van der Waals surface area contributed by atoms with Crippen LogP contribution in [0.25, 0.3) is 0 Å². The fourth-order valence-corrected chi connectivity index (χ4v) is 3.99. The lowest BCUT2D eigenvalue weighted by Gasteiger charge is -2.41. The average molecular weight is 375 g/mol. The first-order valence-corrected chi connectivity index (χ1v) is 9.39. The molecule has 2 atom stereocenters. The monoisotopic (exact) mass is 375 g/mol. The van der Waals surface area contributed by atoms with Crippen LogP contribution in [0.1, 0.15) is 37.0 Å². The Kier molecular flexibility index (Phi) is 5.92. The first kappa shape index (κ1) is 19.5. The van der Waals surface area contributed by atoms with Crippen molar-refractivity contribution < 1.29 is 19.4 Å². The minimum Gasteiger partial charge on any atom is -0.507 e. The van der Waals surface area contributed by atoms with E-state index in [9.17, 15) is 9.90 Å². The molecule has 7 nitrogen and oxygen atoms in total. The molecule has 0 aromatic heterocycles.